The molecule has 3 heterocycles. The number of fused-ring (bicyclic) bond motifs is 5. The minimum absolute atomic E-state index is 0.0236. The van der Waals surface area contributed by atoms with E-state index >= 15 is 0 Å². The molecule has 3 aliphatic carbocycles. The van der Waals surface area contributed by atoms with Crippen LogP contribution in [0.5, 0.6) is 0 Å². The molecule has 3 saturated heterocycles. The highest BCUT2D eigenvalue weighted by Crippen LogP contribution is 2.73. The number of ether oxygens (including phenoxy) is 6. The molecule has 10 nitrogen and oxygen atoms in total. The first-order chi connectivity index (χ1) is 21.2. The van der Waals surface area contributed by atoms with Crippen molar-refractivity contribution in [1.82, 2.24) is 0 Å². The monoisotopic (exact) mass is 644 g/mol. The van der Waals surface area contributed by atoms with Crippen LogP contribution >= 0.6 is 0 Å². The summed E-state index contributed by atoms with van der Waals surface area (Å²) < 4.78 is 36.5. The van der Waals surface area contributed by atoms with E-state index in [0.29, 0.717) is 6.42 Å². The molecule has 5 fully saturated rings. The van der Waals surface area contributed by atoms with Crippen molar-refractivity contribution in [2.75, 3.05) is 0 Å². The van der Waals surface area contributed by atoms with Crippen molar-refractivity contribution in [2.24, 2.45) is 39.9 Å². The average Bonchev–Trinajstić information content (AvgIpc) is 3.20. The van der Waals surface area contributed by atoms with Crippen molar-refractivity contribution in [3.05, 3.63) is 11.6 Å². The summed E-state index contributed by atoms with van der Waals surface area (Å²) in [5.74, 6) is -1.79. The zero-order chi connectivity index (χ0) is 33.8. The molecule has 0 spiro atoms. The summed E-state index contributed by atoms with van der Waals surface area (Å²) in [5, 5.41) is 0. The second-order valence-corrected chi connectivity index (χ2v) is 16.6. The summed E-state index contributed by atoms with van der Waals surface area (Å²) in [4.78, 5) is 50.6. The molecular formula is C36H52O10. The zero-order valence-electron chi connectivity index (χ0n) is 29.1. The normalized spacial score (nSPS) is 46.8. The van der Waals surface area contributed by atoms with Crippen LogP contribution < -0.4 is 0 Å². The van der Waals surface area contributed by atoms with Gasteiger partial charge in [0.2, 0.25) is 6.29 Å². The van der Waals surface area contributed by atoms with E-state index in [1.807, 2.05) is 13.8 Å². The van der Waals surface area contributed by atoms with Gasteiger partial charge in [-0.3, -0.25) is 19.2 Å². The highest BCUT2D eigenvalue weighted by Gasteiger charge is 2.72. The average molecular weight is 645 g/mol. The van der Waals surface area contributed by atoms with Gasteiger partial charge in [-0.25, -0.2) is 0 Å². The van der Waals surface area contributed by atoms with Crippen LogP contribution in [0.3, 0.4) is 0 Å². The number of rotatable bonds is 5. The molecule has 10 heteroatoms. The fraction of sp³-hybridized carbons (Fsp3) is 0.833. The third-order valence-electron chi connectivity index (χ3n) is 13.1. The highest BCUT2D eigenvalue weighted by atomic mass is 16.7. The maximum atomic E-state index is 13.2. The van der Waals surface area contributed by atoms with Crippen LogP contribution in [0.25, 0.3) is 0 Å². The lowest BCUT2D eigenvalue weighted by atomic mass is 9.39. The molecule has 3 aliphatic heterocycles. The second kappa shape index (κ2) is 10.8. The van der Waals surface area contributed by atoms with Gasteiger partial charge in [0.25, 0.3) is 0 Å². The van der Waals surface area contributed by atoms with Gasteiger partial charge in [-0.2, -0.15) is 0 Å². The molecule has 256 valence electrons. The van der Waals surface area contributed by atoms with Crippen molar-refractivity contribution in [3.63, 3.8) is 0 Å². The minimum Gasteiger partial charge on any atom is -0.462 e. The summed E-state index contributed by atoms with van der Waals surface area (Å²) in [6, 6.07) is 0. The molecule has 6 aliphatic rings. The van der Waals surface area contributed by atoms with Gasteiger partial charge in [0.1, 0.15) is 23.9 Å². The number of carbonyl (C=O) groups excluding carboxylic acids is 4. The smallest absolute Gasteiger partial charge is 0.310 e. The lowest BCUT2D eigenvalue weighted by molar-refractivity contribution is -0.228. The Morgan fingerprint density at radius 1 is 0.826 bits per heavy atom. The number of epoxide rings is 1. The van der Waals surface area contributed by atoms with Gasteiger partial charge in [0, 0.05) is 43.4 Å². The first kappa shape index (κ1) is 33.4. The van der Waals surface area contributed by atoms with Gasteiger partial charge >= 0.3 is 23.9 Å². The van der Waals surface area contributed by atoms with Gasteiger partial charge in [-0.05, 0) is 77.0 Å². The van der Waals surface area contributed by atoms with Crippen molar-refractivity contribution in [2.45, 2.75) is 150 Å². The summed E-state index contributed by atoms with van der Waals surface area (Å²) in [5.41, 5.74) is -1.47. The molecule has 0 aromatic heterocycles. The lowest BCUT2D eigenvalue weighted by Crippen LogP contribution is -2.67. The van der Waals surface area contributed by atoms with Gasteiger partial charge in [0.05, 0.1) is 18.1 Å². The first-order valence-electron chi connectivity index (χ1n) is 17.0. The fourth-order valence-corrected chi connectivity index (χ4v) is 11.3. The van der Waals surface area contributed by atoms with E-state index in [9.17, 15) is 19.2 Å². The van der Waals surface area contributed by atoms with Crippen LogP contribution in [-0.2, 0) is 47.6 Å². The lowest BCUT2D eigenvalue weighted by Gasteiger charge is -2.66. The molecule has 0 aromatic carbocycles. The van der Waals surface area contributed by atoms with E-state index in [0.717, 1.165) is 25.7 Å². The number of hydrogen-bond donors (Lipinski definition) is 0. The summed E-state index contributed by atoms with van der Waals surface area (Å²) in [6.07, 6.45) is 3.81. The van der Waals surface area contributed by atoms with Crippen LogP contribution in [0.4, 0.5) is 0 Å². The molecule has 0 aromatic rings. The Kier molecular flexibility index (Phi) is 7.83. The number of carbonyl (C=O) groups is 4. The van der Waals surface area contributed by atoms with E-state index in [-0.39, 0.29) is 65.3 Å². The van der Waals surface area contributed by atoms with E-state index in [2.05, 4.69) is 40.7 Å². The van der Waals surface area contributed by atoms with E-state index < -0.39 is 46.9 Å². The fourth-order valence-electron chi connectivity index (χ4n) is 11.3. The van der Waals surface area contributed by atoms with Crippen LogP contribution in [-0.4, -0.2) is 65.8 Å². The Labute approximate surface area is 272 Å². The Hall–Kier alpha value is -2.46. The highest BCUT2D eigenvalue weighted by molar-refractivity contribution is 5.73. The predicted molar refractivity (Wildman–Crippen MR) is 165 cm³/mol. The van der Waals surface area contributed by atoms with Crippen molar-refractivity contribution in [3.8, 4) is 0 Å². The number of hydrogen-bond acceptors (Lipinski definition) is 10. The number of cyclic esters (lactones) is 1. The zero-order valence-corrected chi connectivity index (χ0v) is 29.1. The maximum absolute atomic E-state index is 13.2. The molecule has 0 bridgehead atoms. The molecule has 6 rings (SSSR count). The third-order valence-corrected chi connectivity index (χ3v) is 13.1. The number of esters is 4. The molecule has 46 heavy (non-hydrogen) atoms. The van der Waals surface area contributed by atoms with Crippen molar-refractivity contribution >= 4 is 23.9 Å². The summed E-state index contributed by atoms with van der Waals surface area (Å²) in [7, 11) is 0. The van der Waals surface area contributed by atoms with E-state index in [1.165, 1.54) is 26.3 Å². The number of allylic oxidation sites excluding steroid dienone is 1. The minimum atomic E-state index is -0.875. The summed E-state index contributed by atoms with van der Waals surface area (Å²) >= 11 is 0. The molecule has 0 radical (unpaired) electrons. The third kappa shape index (κ3) is 5.03. The van der Waals surface area contributed by atoms with E-state index in [4.69, 9.17) is 28.4 Å². The van der Waals surface area contributed by atoms with E-state index in [1.54, 1.807) is 0 Å². The predicted octanol–water partition coefficient (Wildman–Crippen LogP) is 5.44. The van der Waals surface area contributed by atoms with Gasteiger partial charge in [-0.1, -0.05) is 32.4 Å². The van der Waals surface area contributed by atoms with Crippen LogP contribution in [0, 0.1) is 39.9 Å². The van der Waals surface area contributed by atoms with Gasteiger partial charge < -0.3 is 28.4 Å². The Bertz CT molecular complexity index is 1350. The topological polar surface area (TPSA) is 127 Å². The first-order valence-corrected chi connectivity index (χ1v) is 17.0. The van der Waals surface area contributed by atoms with Gasteiger partial charge in [0.15, 0.2) is 0 Å². The summed E-state index contributed by atoms with van der Waals surface area (Å²) in [6.45, 7) is 18.9. The molecule has 12 atom stereocenters. The standard InChI is InChI=1S/C36H52O10/c1-18(37)41-27-16-26-32(4,5)45-29(40)17-28(42-19(2)38)36(26,10)25-13-14-34(8)22(11-12-24(34)35(25,27)9)21-15-23(30-33(6,7)46-30)44-31(21)43-20(3)39/h12,21-23,25-28,30-31H,11,13-17H2,1-10H3/t21-,22-,23+,25-,26-,27+,28-,30-,31+,34-,35-,36+/m0/s1. The van der Waals surface area contributed by atoms with Crippen molar-refractivity contribution < 1.29 is 47.6 Å². The largest absolute Gasteiger partial charge is 0.462 e. The van der Waals surface area contributed by atoms with Gasteiger partial charge in [-0.15, -0.1) is 0 Å². The molecule has 0 amide bonds. The molecule has 0 N–H and O–H groups in total. The Balaban J connectivity index is 1.41. The quantitative estimate of drug-likeness (QED) is 0.165. The van der Waals surface area contributed by atoms with Crippen LogP contribution in [0.15, 0.2) is 11.6 Å². The Morgan fingerprint density at radius 2 is 1.43 bits per heavy atom. The SMILES string of the molecule is CC(=O)O[C@@H]1O[C@@H]([C@@H]2OC2(C)C)C[C@H]1[C@@H]1CC=C2[C@]3(C)[C@H](OC(C)=O)C[C@H]4C(C)(C)OC(=O)C[C@H](OC(C)=O)[C@]4(C)[C@H]3CC[C@]21C. The molecular weight excluding hydrogens is 592 g/mol. The van der Waals surface area contributed by atoms with Crippen molar-refractivity contribution in [1.29, 1.82) is 0 Å². The second-order valence-electron chi connectivity index (χ2n) is 16.6. The maximum Gasteiger partial charge on any atom is 0.310 e. The Morgan fingerprint density at radius 3 is 2.02 bits per heavy atom. The van der Waals surface area contributed by atoms with Crippen LogP contribution in [0.2, 0.25) is 0 Å². The molecule has 2 saturated carbocycles. The molecule has 0 unspecified atom stereocenters. The van der Waals surface area contributed by atoms with Crippen LogP contribution in [0.1, 0.15) is 108 Å².